The van der Waals surface area contributed by atoms with Crippen LogP contribution in [0, 0.1) is 5.82 Å². The van der Waals surface area contributed by atoms with Crippen molar-refractivity contribution in [3.8, 4) is 5.75 Å². The number of benzene rings is 1. The summed E-state index contributed by atoms with van der Waals surface area (Å²) in [6.45, 7) is 2.94. The number of nitrogens with two attached hydrogens (primary N) is 1. The van der Waals surface area contributed by atoms with E-state index in [0.29, 0.717) is 28.4 Å². The SMILES string of the molecule is COc1cc2nc(N)n3nc([C@@H]4CC[C@H](C)N(c5cnn([C@H]6CCC[C@@H]6O)c5)C4)nc3c2cc1F. The fourth-order valence-corrected chi connectivity index (χ4v) is 5.54. The number of aromatic nitrogens is 6. The highest BCUT2D eigenvalue weighted by Crippen LogP contribution is 2.35. The van der Waals surface area contributed by atoms with Crippen LogP contribution in [-0.4, -0.2) is 60.3 Å². The number of halogens is 1. The molecular weight excluding hydrogens is 451 g/mol. The zero-order valence-electron chi connectivity index (χ0n) is 19.8. The van der Waals surface area contributed by atoms with E-state index in [4.69, 9.17) is 15.5 Å². The number of hydrogen-bond donors (Lipinski definition) is 2. The molecule has 1 aliphatic carbocycles. The lowest BCUT2D eigenvalue weighted by Gasteiger charge is -2.37. The van der Waals surface area contributed by atoms with Crippen molar-refractivity contribution >= 4 is 28.2 Å². The number of hydrogen-bond acceptors (Lipinski definition) is 8. The van der Waals surface area contributed by atoms with Gasteiger partial charge < -0.3 is 20.5 Å². The molecule has 6 rings (SSSR count). The van der Waals surface area contributed by atoms with Gasteiger partial charge in [-0.15, -0.1) is 5.10 Å². The number of rotatable bonds is 4. The zero-order chi connectivity index (χ0) is 24.3. The highest BCUT2D eigenvalue weighted by atomic mass is 19.1. The van der Waals surface area contributed by atoms with Crippen LogP contribution < -0.4 is 15.4 Å². The number of anilines is 2. The maximum atomic E-state index is 14.5. The summed E-state index contributed by atoms with van der Waals surface area (Å²) in [6.07, 6.45) is 8.27. The Morgan fingerprint density at radius 3 is 2.80 bits per heavy atom. The first-order chi connectivity index (χ1) is 16.9. The van der Waals surface area contributed by atoms with Crippen LogP contribution in [0.5, 0.6) is 5.75 Å². The minimum Gasteiger partial charge on any atom is -0.494 e. The molecule has 2 fully saturated rings. The van der Waals surface area contributed by atoms with Gasteiger partial charge in [-0.1, -0.05) is 0 Å². The van der Waals surface area contributed by atoms with Gasteiger partial charge in [-0.05, 0) is 45.1 Å². The van der Waals surface area contributed by atoms with E-state index >= 15 is 0 Å². The number of nitrogen functional groups attached to an aromatic ring is 1. The summed E-state index contributed by atoms with van der Waals surface area (Å²) in [7, 11) is 1.41. The van der Waals surface area contributed by atoms with E-state index in [9.17, 15) is 9.50 Å². The summed E-state index contributed by atoms with van der Waals surface area (Å²) in [4.78, 5) is 11.5. The number of nitrogens with zero attached hydrogens (tertiary/aromatic N) is 7. The number of piperidine rings is 1. The lowest BCUT2D eigenvalue weighted by Crippen LogP contribution is -2.41. The number of methoxy groups -OCH3 is 1. The maximum Gasteiger partial charge on any atom is 0.223 e. The van der Waals surface area contributed by atoms with Crippen LogP contribution in [0.15, 0.2) is 24.5 Å². The van der Waals surface area contributed by atoms with Gasteiger partial charge in [-0.25, -0.2) is 14.4 Å². The van der Waals surface area contributed by atoms with Gasteiger partial charge in [0.2, 0.25) is 5.95 Å². The molecule has 11 heteroatoms. The van der Waals surface area contributed by atoms with E-state index in [1.54, 1.807) is 0 Å². The average Bonchev–Trinajstić information content (AvgIpc) is 3.59. The van der Waals surface area contributed by atoms with Gasteiger partial charge in [0.1, 0.15) is 0 Å². The van der Waals surface area contributed by atoms with E-state index in [2.05, 4.69) is 27.0 Å². The predicted octanol–water partition coefficient (Wildman–Crippen LogP) is 3.06. The van der Waals surface area contributed by atoms with E-state index in [0.717, 1.165) is 44.3 Å². The predicted molar refractivity (Wildman–Crippen MR) is 129 cm³/mol. The van der Waals surface area contributed by atoms with Crippen LogP contribution in [0.25, 0.3) is 16.6 Å². The quantitative estimate of drug-likeness (QED) is 0.457. The van der Waals surface area contributed by atoms with Gasteiger partial charge in [0, 0.05) is 36.2 Å². The van der Waals surface area contributed by atoms with Crippen molar-refractivity contribution in [2.45, 2.75) is 63.1 Å². The van der Waals surface area contributed by atoms with E-state index in [1.807, 2.05) is 17.1 Å². The first-order valence-corrected chi connectivity index (χ1v) is 12.1. The molecule has 35 heavy (non-hydrogen) atoms. The Balaban J connectivity index is 1.33. The van der Waals surface area contributed by atoms with Crippen molar-refractivity contribution in [2.24, 2.45) is 0 Å². The molecule has 4 heterocycles. The second-order valence-corrected chi connectivity index (χ2v) is 9.70. The fraction of sp³-hybridized carbons (Fsp3) is 0.500. The number of fused-ring (bicyclic) bond motifs is 3. The normalized spacial score (nSPS) is 25.1. The molecular formula is C24H29FN8O2. The van der Waals surface area contributed by atoms with E-state index in [-0.39, 0.29) is 29.8 Å². The van der Waals surface area contributed by atoms with Crippen molar-refractivity contribution < 1.29 is 14.2 Å². The summed E-state index contributed by atoms with van der Waals surface area (Å²) in [5.74, 6) is 0.551. The van der Waals surface area contributed by atoms with Crippen LogP contribution in [0.4, 0.5) is 16.0 Å². The molecule has 4 aromatic rings. The number of aliphatic hydroxyl groups excluding tert-OH is 1. The average molecular weight is 481 g/mol. The molecule has 1 aliphatic heterocycles. The molecule has 10 nitrogen and oxygen atoms in total. The third-order valence-electron chi connectivity index (χ3n) is 7.54. The van der Waals surface area contributed by atoms with Crippen LogP contribution in [-0.2, 0) is 0 Å². The molecule has 184 valence electrons. The first kappa shape index (κ1) is 22.0. The number of aliphatic hydroxyl groups is 1. The van der Waals surface area contributed by atoms with Crippen molar-refractivity contribution in [1.29, 1.82) is 0 Å². The fourth-order valence-electron chi connectivity index (χ4n) is 5.54. The molecule has 3 N–H and O–H groups in total. The van der Waals surface area contributed by atoms with E-state index < -0.39 is 5.82 Å². The lowest BCUT2D eigenvalue weighted by atomic mass is 9.92. The summed E-state index contributed by atoms with van der Waals surface area (Å²) in [5, 5.41) is 20.1. The first-order valence-electron chi connectivity index (χ1n) is 12.1. The van der Waals surface area contributed by atoms with Crippen molar-refractivity contribution in [2.75, 3.05) is 24.3 Å². The Morgan fingerprint density at radius 2 is 2.03 bits per heavy atom. The van der Waals surface area contributed by atoms with Crippen LogP contribution in [0.1, 0.15) is 56.8 Å². The monoisotopic (exact) mass is 480 g/mol. The molecule has 3 aromatic heterocycles. The lowest BCUT2D eigenvalue weighted by molar-refractivity contribution is 0.130. The van der Waals surface area contributed by atoms with Crippen molar-refractivity contribution in [3.63, 3.8) is 0 Å². The van der Waals surface area contributed by atoms with Gasteiger partial charge in [0.05, 0.1) is 36.7 Å². The molecule has 4 atom stereocenters. The Bertz CT molecular complexity index is 1400. The number of ether oxygens (including phenoxy) is 1. The highest BCUT2D eigenvalue weighted by Gasteiger charge is 2.32. The molecule has 1 aromatic carbocycles. The third-order valence-corrected chi connectivity index (χ3v) is 7.54. The van der Waals surface area contributed by atoms with Crippen molar-refractivity contribution in [1.82, 2.24) is 29.4 Å². The van der Waals surface area contributed by atoms with Crippen molar-refractivity contribution in [3.05, 3.63) is 36.2 Å². The molecule has 0 radical (unpaired) electrons. The van der Waals surface area contributed by atoms with E-state index in [1.165, 1.54) is 23.8 Å². The van der Waals surface area contributed by atoms with Gasteiger partial charge in [-0.2, -0.15) is 9.61 Å². The molecule has 0 amide bonds. The second-order valence-electron chi connectivity index (χ2n) is 9.70. The van der Waals surface area contributed by atoms with Gasteiger partial charge in [0.25, 0.3) is 0 Å². The largest absolute Gasteiger partial charge is 0.494 e. The molecule has 2 aliphatic rings. The van der Waals surface area contributed by atoms with Gasteiger partial charge in [-0.3, -0.25) is 4.68 Å². The standard InChI is InChI=1S/C24H29FN8O2/c1-13-6-7-14(11-31(13)15-10-27-32(12-15)19-4-3-5-20(19)34)22-29-23-16-8-17(25)21(35-2)9-18(16)28-24(26)33(23)30-22/h8-10,12-14,19-20,34H,3-7,11H2,1-2H3,(H2,26,28)/t13-,14+,19-,20-/m0/s1. The Morgan fingerprint density at radius 1 is 1.17 bits per heavy atom. The van der Waals surface area contributed by atoms with Crippen LogP contribution in [0.3, 0.4) is 0 Å². The van der Waals surface area contributed by atoms with Gasteiger partial charge in [0.15, 0.2) is 23.0 Å². The molecule has 1 saturated heterocycles. The maximum absolute atomic E-state index is 14.5. The van der Waals surface area contributed by atoms with Gasteiger partial charge >= 0.3 is 0 Å². The third kappa shape index (κ3) is 3.65. The molecule has 0 bridgehead atoms. The molecule has 1 saturated carbocycles. The summed E-state index contributed by atoms with van der Waals surface area (Å²) >= 11 is 0. The Hall–Kier alpha value is -3.47. The second kappa shape index (κ2) is 8.33. The van der Waals surface area contributed by atoms with Crippen LogP contribution in [0.2, 0.25) is 0 Å². The zero-order valence-corrected chi connectivity index (χ0v) is 19.8. The minimum absolute atomic E-state index is 0.0440. The Kier molecular flexibility index (Phi) is 5.24. The molecule has 0 spiro atoms. The summed E-state index contributed by atoms with van der Waals surface area (Å²) in [5.41, 5.74) is 8.21. The highest BCUT2D eigenvalue weighted by molar-refractivity contribution is 5.93. The minimum atomic E-state index is -0.486. The van der Waals surface area contributed by atoms with Crippen LogP contribution >= 0.6 is 0 Å². The Labute approximate surface area is 201 Å². The summed E-state index contributed by atoms with van der Waals surface area (Å²) < 4.78 is 22.9. The molecule has 0 unspecified atom stereocenters. The topological polar surface area (TPSA) is 120 Å². The smallest absolute Gasteiger partial charge is 0.223 e. The summed E-state index contributed by atoms with van der Waals surface area (Å²) in [6, 6.07) is 3.28.